The number of carbonyl (C=O) groups is 2. The van der Waals surface area contributed by atoms with Crippen molar-refractivity contribution in [2.24, 2.45) is 0 Å². The molecule has 0 aliphatic heterocycles. The lowest BCUT2D eigenvalue weighted by Crippen LogP contribution is -2.31. The molecular formula is C22H28N2O4. The fraction of sp³-hybridized carbons (Fsp3) is 0.364. The summed E-state index contributed by atoms with van der Waals surface area (Å²) in [6, 6.07) is 14.3. The molecule has 2 rings (SSSR count). The van der Waals surface area contributed by atoms with E-state index in [1.165, 1.54) is 0 Å². The Balaban J connectivity index is 2.14. The van der Waals surface area contributed by atoms with Crippen LogP contribution in [-0.2, 0) is 4.74 Å². The van der Waals surface area contributed by atoms with Crippen molar-refractivity contribution >= 4 is 17.9 Å². The molecule has 0 aliphatic rings. The van der Waals surface area contributed by atoms with Crippen molar-refractivity contribution in [2.45, 2.75) is 45.6 Å². The Hall–Kier alpha value is -3.02. The van der Waals surface area contributed by atoms with Gasteiger partial charge in [-0.3, -0.25) is 5.32 Å². The smallest absolute Gasteiger partial charge is 0.411 e. The number of amides is 2. The summed E-state index contributed by atoms with van der Waals surface area (Å²) in [6.07, 6.45) is -1.78. The third kappa shape index (κ3) is 5.74. The molecule has 0 bridgehead atoms. The van der Waals surface area contributed by atoms with Gasteiger partial charge >= 0.3 is 12.2 Å². The van der Waals surface area contributed by atoms with Crippen molar-refractivity contribution < 1.29 is 19.4 Å². The maximum absolute atomic E-state index is 12.5. The minimum atomic E-state index is -1.18. The first kappa shape index (κ1) is 21.3. The molecule has 0 aromatic heterocycles. The van der Waals surface area contributed by atoms with Gasteiger partial charge in [-0.15, -0.1) is 0 Å². The number of nitrogens with one attached hydrogen (secondary N) is 2. The lowest BCUT2D eigenvalue weighted by atomic mass is 9.93. The van der Waals surface area contributed by atoms with Crippen LogP contribution in [0.3, 0.4) is 0 Å². The van der Waals surface area contributed by atoms with E-state index in [0.717, 1.165) is 22.4 Å². The van der Waals surface area contributed by atoms with Crippen molar-refractivity contribution in [3.63, 3.8) is 0 Å². The second-order valence-corrected chi connectivity index (χ2v) is 7.26. The first-order chi connectivity index (χ1) is 13.3. The van der Waals surface area contributed by atoms with Gasteiger partial charge in [0.05, 0.1) is 11.7 Å². The van der Waals surface area contributed by atoms with Gasteiger partial charge in [0, 0.05) is 0 Å². The number of carboxylic acid groups (broad SMARTS) is 1. The highest BCUT2D eigenvalue weighted by Gasteiger charge is 2.19. The van der Waals surface area contributed by atoms with Gasteiger partial charge in [-0.05, 0) is 28.5 Å². The second-order valence-electron chi connectivity index (χ2n) is 7.26. The highest BCUT2D eigenvalue weighted by Crippen LogP contribution is 2.32. The van der Waals surface area contributed by atoms with E-state index in [2.05, 4.69) is 38.3 Å². The molecule has 150 valence electrons. The van der Waals surface area contributed by atoms with Gasteiger partial charge in [0.1, 0.15) is 6.61 Å². The summed E-state index contributed by atoms with van der Waals surface area (Å²) in [6.45, 7) is 8.16. The fourth-order valence-electron chi connectivity index (χ4n) is 3.05. The Kier molecular flexibility index (Phi) is 7.44. The van der Waals surface area contributed by atoms with Crippen molar-refractivity contribution in [1.82, 2.24) is 5.32 Å². The van der Waals surface area contributed by atoms with E-state index >= 15 is 0 Å². The van der Waals surface area contributed by atoms with E-state index in [0.29, 0.717) is 0 Å². The molecule has 0 spiro atoms. The molecule has 1 atom stereocenters. The zero-order valence-electron chi connectivity index (χ0n) is 16.7. The molecule has 6 nitrogen and oxygen atoms in total. The molecule has 1 unspecified atom stereocenters. The second kappa shape index (κ2) is 9.78. The van der Waals surface area contributed by atoms with E-state index in [-0.39, 0.29) is 18.4 Å². The molecule has 0 radical (unpaired) electrons. The Bertz CT molecular complexity index is 777. The maximum atomic E-state index is 12.5. The summed E-state index contributed by atoms with van der Waals surface area (Å²) in [5.74, 6) is 0.472. The van der Waals surface area contributed by atoms with Crippen molar-refractivity contribution in [3.05, 3.63) is 65.2 Å². The quantitative estimate of drug-likeness (QED) is 0.589. The predicted octanol–water partition coefficient (Wildman–Crippen LogP) is 5.49. The standard InChI is InChI=1S/C22H28N2O4/c1-14(2)17-11-8-12-18(15(3)4)20(17)24-22(27)28-13-19(23-21(25)26)16-9-6-5-7-10-16/h5-12,14-15,19,23H,13H2,1-4H3,(H,24,27)(H,25,26). The van der Waals surface area contributed by atoms with E-state index in [4.69, 9.17) is 9.84 Å². The van der Waals surface area contributed by atoms with Gasteiger partial charge in [0.15, 0.2) is 0 Å². The topological polar surface area (TPSA) is 87.7 Å². The summed E-state index contributed by atoms with van der Waals surface area (Å²) in [5.41, 5.74) is 3.56. The normalized spacial score (nSPS) is 11.9. The van der Waals surface area contributed by atoms with Gasteiger partial charge in [-0.25, -0.2) is 9.59 Å². The molecule has 2 aromatic rings. The van der Waals surface area contributed by atoms with E-state index in [1.54, 1.807) is 24.3 Å². The number of rotatable bonds is 7. The summed E-state index contributed by atoms with van der Waals surface area (Å²) >= 11 is 0. The van der Waals surface area contributed by atoms with Gasteiger partial charge < -0.3 is 15.2 Å². The van der Waals surface area contributed by atoms with Gasteiger partial charge in [-0.2, -0.15) is 0 Å². The number of hydrogen-bond acceptors (Lipinski definition) is 3. The van der Waals surface area contributed by atoms with Crippen LogP contribution < -0.4 is 10.6 Å². The van der Waals surface area contributed by atoms with Crippen LogP contribution >= 0.6 is 0 Å². The number of anilines is 1. The van der Waals surface area contributed by atoms with Crippen molar-refractivity contribution in [2.75, 3.05) is 11.9 Å². The predicted molar refractivity (Wildman–Crippen MR) is 110 cm³/mol. The number of para-hydroxylation sites is 1. The lowest BCUT2D eigenvalue weighted by molar-refractivity contribution is 0.141. The van der Waals surface area contributed by atoms with Crippen LogP contribution in [0.5, 0.6) is 0 Å². The summed E-state index contributed by atoms with van der Waals surface area (Å²) in [4.78, 5) is 23.6. The Morgan fingerprint density at radius 3 is 2.00 bits per heavy atom. The van der Waals surface area contributed by atoms with E-state index in [9.17, 15) is 9.59 Å². The molecular weight excluding hydrogens is 356 g/mol. The Morgan fingerprint density at radius 1 is 0.929 bits per heavy atom. The van der Waals surface area contributed by atoms with Crippen LogP contribution in [0.4, 0.5) is 15.3 Å². The van der Waals surface area contributed by atoms with Gasteiger partial charge in [0.2, 0.25) is 0 Å². The summed E-state index contributed by atoms with van der Waals surface area (Å²) < 4.78 is 5.36. The Morgan fingerprint density at radius 2 is 1.50 bits per heavy atom. The summed E-state index contributed by atoms with van der Waals surface area (Å²) in [5, 5.41) is 14.3. The van der Waals surface area contributed by atoms with Crippen LogP contribution in [-0.4, -0.2) is 23.9 Å². The fourth-order valence-corrected chi connectivity index (χ4v) is 3.05. The van der Waals surface area contributed by atoms with Crippen LogP contribution in [0.25, 0.3) is 0 Å². The van der Waals surface area contributed by atoms with E-state index < -0.39 is 18.2 Å². The molecule has 3 N–H and O–H groups in total. The minimum absolute atomic E-state index is 0.108. The summed E-state index contributed by atoms with van der Waals surface area (Å²) in [7, 11) is 0. The molecule has 0 saturated heterocycles. The molecule has 0 saturated carbocycles. The number of hydrogen-bond donors (Lipinski definition) is 3. The van der Waals surface area contributed by atoms with Crippen LogP contribution in [0.2, 0.25) is 0 Å². The first-order valence-corrected chi connectivity index (χ1v) is 9.40. The van der Waals surface area contributed by atoms with Gasteiger partial charge in [-0.1, -0.05) is 76.2 Å². The van der Waals surface area contributed by atoms with Gasteiger partial charge in [0.25, 0.3) is 0 Å². The molecule has 0 heterocycles. The van der Waals surface area contributed by atoms with E-state index in [1.807, 2.05) is 24.3 Å². The lowest BCUT2D eigenvalue weighted by Gasteiger charge is -2.21. The number of carbonyl (C=O) groups excluding carboxylic acids is 1. The highest BCUT2D eigenvalue weighted by atomic mass is 16.5. The van der Waals surface area contributed by atoms with Crippen LogP contribution in [0.1, 0.15) is 62.3 Å². The zero-order chi connectivity index (χ0) is 20.7. The van der Waals surface area contributed by atoms with Crippen molar-refractivity contribution in [1.29, 1.82) is 0 Å². The highest BCUT2D eigenvalue weighted by molar-refractivity contribution is 5.87. The van der Waals surface area contributed by atoms with Crippen LogP contribution in [0, 0.1) is 0 Å². The first-order valence-electron chi connectivity index (χ1n) is 9.40. The monoisotopic (exact) mass is 384 g/mol. The molecule has 6 heteroatoms. The minimum Gasteiger partial charge on any atom is -0.465 e. The SMILES string of the molecule is CC(C)c1cccc(C(C)C)c1NC(=O)OCC(NC(=O)O)c1ccccc1. The molecule has 0 aliphatic carbocycles. The average molecular weight is 384 g/mol. The maximum Gasteiger partial charge on any atom is 0.411 e. The number of ether oxygens (including phenoxy) is 1. The average Bonchev–Trinajstić information content (AvgIpc) is 2.65. The van der Waals surface area contributed by atoms with Crippen LogP contribution in [0.15, 0.2) is 48.5 Å². The van der Waals surface area contributed by atoms with Crippen molar-refractivity contribution in [3.8, 4) is 0 Å². The number of benzene rings is 2. The molecule has 2 amide bonds. The molecule has 2 aromatic carbocycles. The molecule has 0 fully saturated rings. The largest absolute Gasteiger partial charge is 0.465 e. The third-order valence-electron chi connectivity index (χ3n) is 4.48. The Labute approximate surface area is 165 Å². The molecule has 28 heavy (non-hydrogen) atoms. The third-order valence-corrected chi connectivity index (χ3v) is 4.48. The zero-order valence-corrected chi connectivity index (χ0v) is 16.7.